The SMILES string of the molecule is C=C.C=C(C)C(C)C(C)C.C=C(C)Cc1cc(C)ccc1CC.CC(C)(C)F. The van der Waals surface area contributed by atoms with Crippen molar-refractivity contribution in [3.63, 3.8) is 0 Å². The first-order valence-corrected chi connectivity index (χ1v) is 10.3. The second kappa shape index (κ2) is 16.3. The molecular formula is C27H47F. The van der Waals surface area contributed by atoms with Gasteiger partial charge in [0.25, 0.3) is 0 Å². The molecule has 1 atom stereocenters. The van der Waals surface area contributed by atoms with E-state index in [1.54, 1.807) is 0 Å². The van der Waals surface area contributed by atoms with Gasteiger partial charge in [-0.15, -0.1) is 13.2 Å². The average molecular weight is 391 g/mol. The molecule has 1 aromatic carbocycles. The summed E-state index contributed by atoms with van der Waals surface area (Å²) in [6.45, 7) is 33.6. The third kappa shape index (κ3) is 20.7. The highest BCUT2D eigenvalue weighted by Crippen LogP contribution is 2.17. The minimum atomic E-state index is -1.00. The maximum absolute atomic E-state index is 11.7. The first kappa shape index (κ1) is 31.1. The molecule has 0 spiro atoms. The molecule has 0 aliphatic carbocycles. The summed E-state index contributed by atoms with van der Waals surface area (Å²) >= 11 is 0. The molecule has 0 aromatic heterocycles. The Bertz CT molecular complexity index is 552. The summed E-state index contributed by atoms with van der Waals surface area (Å²) in [7, 11) is 0. The van der Waals surface area contributed by atoms with Crippen molar-refractivity contribution >= 4 is 0 Å². The van der Waals surface area contributed by atoms with Crippen LogP contribution in [-0.4, -0.2) is 5.67 Å². The van der Waals surface area contributed by atoms with E-state index >= 15 is 0 Å². The number of rotatable bonds is 5. The number of allylic oxidation sites excluding steroid dienone is 2. The molecule has 0 N–H and O–H groups in total. The van der Waals surface area contributed by atoms with E-state index in [9.17, 15) is 4.39 Å². The maximum Gasteiger partial charge on any atom is 0.102 e. The molecule has 1 rings (SSSR count). The van der Waals surface area contributed by atoms with Crippen LogP contribution < -0.4 is 0 Å². The van der Waals surface area contributed by atoms with Crippen LogP contribution in [0.25, 0.3) is 0 Å². The fourth-order valence-corrected chi connectivity index (χ4v) is 2.16. The minimum absolute atomic E-state index is 0.676. The second-order valence-corrected chi connectivity index (χ2v) is 8.71. The molecule has 0 aliphatic rings. The van der Waals surface area contributed by atoms with Crippen molar-refractivity contribution < 1.29 is 4.39 Å². The van der Waals surface area contributed by atoms with Crippen molar-refractivity contribution in [1.82, 2.24) is 0 Å². The summed E-state index contributed by atoms with van der Waals surface area (Å²) in [5.41, 5.74) is 5.76. The highest BCUT2D eigenvalue weighted by atomic mass is 19.1. The number of halogens is 1. The van der Waals surface area contributed by atoms with E-state index in [0.29, 0.717) is 5.92 Å². The molecular weight excluding hydrogens is 343 g/mol. The van der Waals surface area contributed by atoms with E-state index < -0.39 is 5.67 Å². The largest absolute Gasteiger partial charge is 0.245 e. The molecule has 1 aromatic rings. The monoisotopic (exact) mass is 390 g/mol. The topological polar surface area (TPSA) is 0 Å². The van der Waals surface area contributed by atoms with Gasteiger partial charge in [0.1, 0.15) is 5.67 Å². The Balaban J connectivity index is -0.000000357. The van der Waals surface area contributed by atoms with Gasteiger partial charge >= 0.3 is 0 Å². The van der Waals surface area contributed by atoms with E-state index in [1.807, 2.05) is 0 Å². The first-order valence-electron chi connectivity index (χ1n) is 10.3. The molecule has 1 unspecified atom stereocenters. The quantitative estimate of drug-likeness (QED) is 0.440. The van der Waals surface area contributed by atoms with Crippen LogP contribution >= 0.6 is 0 Å². The molecule has 0 heterocycles. The van der Waals surface area contributed by atoms with Crippen LogP contribution in [0.15, 0.2) is 55.7 Å². The normalized spacial score (nSPS) is 11.0. The van der Waals surface area contributed by atoms with Gasteiger partial charge in [0.05, 0.1) is 0 Å². The van der Waals surface area contributed by atoms with Crippen LogP contribution in [0.3, 0.4) is 0 Å². The van der Waals surface area contributed by atoms with Gasteiger partial charge < -0.3 is 0 Å². The summed E-state index contributed by atoms with van der Waals surface area (Å²) in [5, 5.41) is 0. The van der Waals surface area contributed by atoms with Crippen LogP contribution in [0.5, 0.6) is 0 Å². The van der Waals surface area contributed by atoms with Crippen LogP contribution in [0, 0.1) is 18.8 Å². The Morgan fingerprint density at radius 2 is 1.43 bits per heavy atom. The van der Waals surface area contributed by atoms with Gasteiger partial charge in [-0.2, -0.15) is 0 Å². The van der Waals surface area contributed by atoms with Crippen molar-refractivity contribution in [2.75, 3.05) is 0 Å². The average Bonchev–Trinajstić information content (AvgIpc) is 2.54. The lowest BCUT2D eigenvalue weighted by molar-refractivity contribution is 0.246. The molecule has 1 heteroatoms. The number of aryl methyl sites for hydroxylation is 2. The molecule has 0 nitrogen and oxygen atoms in total. The Morgan fingerprint density at radius 1 is 1.00 bits per heavy atom. The number of hydrogen-bond acceptors (Lipinski definition) is 0. The predicted octanol–water partition coefficient (Wildman–Crippen LogP) is 9.09. The maximum atomic E-state index is 11.7. The zero-order valence-electron chi connectivity index (χ0n) is 20.5. The molecule has 0 amide bonds. The zero-order valence-corrected chi connectivity index (χ0v) is 20.5. The third-order valence-electron chi connectivity index (χ3n) is 4.01. The van der Waals surface area contributed by atoms with E-state index in [4.69, 9.17) is 0 Å². The van der Waals surface area contributed by atoms with E-state index in [1.165, 1.54) is 48.6 Å². The lowest BCUT2D eigenvalue weighted by atomic mass is 9.92. The summed E-state index contributed by atoms with van der Waals surface area (Å²) in [5.74, 6) is 1.42. The number of hydrogen-bond donors (Lipinski definition) is 0. The molecule has 0 aliphatic heterocycles. The fourth-order valence-electron chi connectivity index (χ4n) is 2.16. The van der Waals surface area contributed by atoms with Crippen LogP contribution in [0.1, 0.15) is 79.0 Å². The van der Waals surface area contributed by atoms with Crippen LogP contribution in [-0.2, 0) is 12.8 Å². The Morgan fingerprint density at radius 3 is 1.68 bits per heavy atom. The van der Waals surface area contributed by atoms with Crippen molar-refractivity contribution in [3.05, 3.63) is 72.4 Å². The Labute approximate surface area is 176 Å². The predicted molar refractivity (Wildman–Crippen MR) is 130 cm³/mol. The van der Waals surface area contributed by atoms with E-state index in [0.717, 1.165) is 18.8 Å². The standard InChI is InChI=1S/C13H18.C8H16.C4H9F.C2H4/c1-5-12-7-6-11(4)9-13(12)8-10(2)3;1-6(2)8(5)7(3)4;1-4(2,3)5;1-2/h6-7,9H,2,5,8H2,1,3-4H3;7-8H,1H2,2-5H3;1-3H3;1-2H2. The molecule has 0 radical (unpaired) electrons. The highest BCUT2D eigenvalue weighted by molar-refractivity contribution is 5.33. The van der Waals surface area contributed by atoms with E-state index in [-0.39, 0.29) is 0 Å². The molecule has 0 fully saturated rings. The number of benzene rings is 1. The van der Waals surface area contributed by atoms with Crippen molar-refractivity contribution in [2.45, 2.75) is 87.7 Å². The highest BCUT2D eigenvalue weighted by Gasteiger charge is 2.05. The summed E-state index contributed by atoms with van der Waals surface area (Å²) in [6.07, 6.45) is 2.13. The minimum Gasteiger partial charge on any atom is -0.245 e. The van der Waals surface area contributed by atoms with Gasteiger partial charge in [-0.3, -0.25) is 0 Å². The summed E-state index contributed by atoms with van der Waals surface area (Å²) in [4.78, 5) is 0. The van der Waals surface area contributed by atoms with Crippen molar-refractivity contribution in [2.24, 2.45) is 11.8 Å². The Hall–Kier alpha value is -1.63. The molecule has 0 saturated heterocycles. The Kier molecular flexibility index (Phi) is 18.1. The summed E-state index contributed by atoms with van der Waals surface area (Å²) < 4.78 is 11.7. The fraction of sp³-hybridized carbons (Fsp3) is 0.556. The van der Waals surface area contributed by atoms with Gasteiger partial charge in [0, 0.05) is 0 Å². The van der Waals surface area contributed by atoms with Crippen molar-refractivity contribution in [3.8, 4) is 0 Å². The van der Waals surface area contributed by atoms with Gasteiger partial charge in [-0.05, 0) is 77.3 Å². The lowest BCUT2D eigenvalue weighted by Crippen LogP contribution is -2.03. The molecule has 28 heavy (non-hydrogen) atoms. The molecule has 0 saturated carbocycles. The van der Waals surface area contributed by atoms with Crippen LogP contribution in [0.4, 0.5) is 4.39 Å². The smallest absolute Gasteiger partial charge is 0.102 e. The number of alkyl halides is 1. The van der Waals surface area contributed by atoms with Crippen molar-refractivity contribution in [1.29, 1.82) is 0 Å². The van der Waals surface area contributed by atoms with Gasteiger partial charge in [-0.25, -0.2) is 4.39 Å². The van der Waals surface area contributed by atoms with E-state index in [2.05, 4.69) is 93.0 Å². The second-order valence-electron chi connectivity index (χ2n) is 8.71. The van der Waals surface area contributed by atoms with Gasteiger partial charge in [0.15, 0.2) is 0 Å². The van der Waals surface area contributed by atoms with Gasteiger partial charge in [0.2, 0.25) is 0 Å². The third-order valence-corrected chi connectivity index (χ3v) is 4.01. The zero-order chi connectivity index (χ0) is 23.1. The van der Waals surface area contributed by atoms with Gasteiger partial charge in [-0.1, -0.05) is 75.8 Å². The molecule has 0 bridgehead atoms. The first-order chi connectivity index (χ1) is 12.7. The molecule has 162 valence electrons. The summed E-state index contributed by atoms with van der Waals surface area (Å²) in [6, 6.07) is 6.68. The van der Waals surface area contributed by atoms with Crippen LogP contribution in [0.2, 0.25) is 0 Å². The lowest BCUT2D eigenvalue weighted by Gasteiger charge is -2.13.